The highest BCUT2D eigenvalue weighted by Crippen LogP contribution is 1.99. The Bertz CT molecular complexity index is 477. The second kappa shape index (κ2) is 4.16. The van der Waals surface area contributed by atoms with Crippen LogP contribution in [0.2, 0.25) is 0 Å². The van der Waals surface area contributed by atoms with Crippen LogP contribution in [-0.2, 0) is 16.7 Å². The molecule has 7 heteroatoms. The van der Waals surface area contributed by atoms with Gasteiger partial charge in [0.2, 0.25) is 0 Å². The largest absolute Gasteiger partial charge is 0.314 e. The second-order valence-corrected chi connectivity index (χ2v) is 4.79. The van der Waals surface area contributed by atoms with Gasteiger partial charge in [0.05, 0.1) is 5.75 Å². The van der Waals surface area contributed by atoms with Gasteiger partial charge in [-0.3, -0.25) is 9.35 Å². The molecule has 0 aliphatic heterocycles. The molecule has 0 bridgehead atoms. The van der Waals surface area contributed by atoms with Gasteiger partial charge in [0.1, 0.15) is 0 Å². The maximum absolute atomic E-state index is 11.2. The Morgan fingerprint density at radius 1 is 1.50 bits per heavy atom. The van der Waals surface area contributed by atoms with E-state index in [0.29, 0.717) is 4.90 Å². The molecule has 78 valence electrons. The van der Waals surface area contributed by atoms with E-state index in [9.17, 15) is 13.2 Å². The highest BCUT2D eigenvalue weighted by atomic mass is 32.2. The lowest BCUT2D eigenvalue weighted by molar-refractivity contribution is 0.477. The molecule has 1 aromatic rings. The van der Waals surface area contributed by atoms with Crippen molar-refractivity contribution in [3.05, 3.63) is 28.7 Å². The standard InChI is InChI=1S/C7H9NO4S2/c9-7-5-6(13)1-2-8(7)3-4-14(10,11)12/h1-2,5,13H,3-4H2,(H,10,11,12). The second-order valence-electron chi connectivity index (χ2n) is 2.70. The van der Waals surface area contributed by atoms with Crippen molar-refractivity contribution >= 4 is 22.7 Å². The topological polar surface area (TPSA) is 76.4 Å². The van der Waals surface area contributed by atoms with Gasteiger partial charge in [-0.25, -0.2) is 0 Å². The van der Waals surface area contributed by atoms with Crippen LogP contribution in [-0.4, -0.2) is 23.3 Å². The number of hydrogen-bond acceptors (Lipinski definition) is 4. The van der Waals surface area contributed by atoms with Crippen molar-refractivity contribution in [1.29, 1.82) is 0 Å². The number of rotatable bonds is 3. The fourth-order valence-electron chi connectivity index (χ4n) is 0.896. The van der Waals surface area contributed by atoms with E-state index in [1.165, 1.54) is 16.8 Å². The Kier molecular flexibility index (Phi) is 3.35. The van der Waals surface area contributed by atoms with Crippen LogP contribution in [0.5, 0.6) is 0 Å². The van der Waals surface area contributed by atoms with Gasteiger partial charge in [0, 0.05) is 23.7 Å². The van der Waals surface area contributed by atoms with E-state index in [1.54, 1.807) is 6.07 Å². The summed E-state index contributed by atoms with van der Waals surface area (Å²) in [6.07, 6.45) is 1.43. The smallest absolute Gasteiger partial charge is 0.266 e. The first-order valence-corrected chi connectivity index (χ1v) is 5.79. The van der Waals surface area contributed by atoms with Gasteiger partial charge in [-0.15, -0.1) is 12.6 Å². The zero-order valence-electron chi connectivity index (χ0n) is 7.12. The monoisotopic (exact) mass is 235 g/mol. The van der Waals surface area contributed by atoms with E-state index < -0.39 is 15.9 Å². The summed E-state index contributed by atoms with van der Waals surface area (Å²) in [4.78, 5) is 11.7. The molecule has 1 N–H and O–H groups in total. The quantitative estimate of drug-likeness (QED) is 0.572. The maximum atomic E-state index is 11.2. The first-order valence-electron chi connectivity index (χ1n) is 3.73. The molecule has 0 spiro atoms. The summed E-state index contributed by atoms with van der Waals surface area (Å²) in [5.41, 5.74) is -0.346. The molecule has 0 saturated heterocycles. The SMILES string of the molecule is O=c1cc(S)ccn1CCS(=O)(=O)O. The van der Waals surface area contributed by atoms with Crippen LogP contribution in [0.1, 0.15) is 0 Å². The highest BCUT2D eigenvalue weighted by molar-refractivity contribution is 7.85. The molecule has 14 heavy (non-hydrogen) atoms. The van der Waals surface area contributed by atoms with Crippen LogP contribution >= 0.6 is 12.6 Å². The molecule has 0 atom stereocenters. The van der Waals surface area contributed by atoms with Crippen LogP contribution < -0.4 is 5.56 Å². The third-order valence-electron chi connectivity index (χ3n) is 1.57. The van der Waals surface area contributed by atoms with Crippen molar-refractivity contribution in [3.63, 3.8) is 0 Å². The molecule has 0 fully saturated rings. The van der Waals surface area contributed by atoms with Crippen molar-refractivity contribution < 1.29 is 13.0 Å². The molecular weight excluding hydrogens is 226 g/mol. The molecule has 0 radical (unpaired) electrons. The number of aromatic nitrogens is 1. The van der Waals surface area contributed by atoms with Crippen molar-refractivity contribution in [1.82, 2.24) is 4.57 Å². The fraction of sp³-hybridized carbons (Fsp3) is 0.286. The molecule has 5 nitrogen and oxygen atoms in total. The molecular formula is C7H9NO4S2. The lowest BCUT2D eigenvalue weighted by Gasteiger charge is -2.03. The lowest BCUT2D eigenvalue weighted by Crippen LogP contribution is -2.22. The third kappa shape index (κ3) is 3.52. The van der Waals surface area contributed by atoms with Gasteiger partial charge in [0.25, 0.3) is 15.7 Å². The van der Waals surface area contributed by atoms with E-state index >= 15 is 0 Å². The predicted octanol–water partition coefficient (Wildman–Crippen LogP) is 0.0248. The van der Waals surface area contributed by atoms with Crippen molar-refractivity contribution in [2.24, 2.45) is 0 Å². The van der Waals surface area contributed by atoms with Crippen LogP contribution in [0.4, 0.5) is 0 Å². The van der Waals surface area contributed by atoms with E-state index in [4.69, 9.17) is 4.55 Å². The van der Waals surface area contributed by atoms with E-state index in [-0.39, 0.29) is 12.1 Å². The van der Waals surface area contributed by atoms with E-state index in [1.807, 2.05) is 0 Å². The number of thiol groups is 1. The fourth-order valence-corrected chi connectivity index (χ4v) is 1.50. The van der Waals surface area contributed by atoms with Crippen molar-refractivity contribution in [2.45, 2.75) is 11.4 Å². The molecule has 0 aliphatic rings. The summed E-state index contributed by atoms with van der Waals surface area (Å²) in [6.45, 7) is -0.0638. The summed E-state index contributed by atoms with van der Waals surface area (Å²) in [5, 5.41) is 0. The molecule has 1 rings (SSSR count). The number of pyridine rings is 1. The van der Waals surface area contributed by atoms with Crippen molar-refractivity contribution in [2.75, 3.05) is 5.75 Å². The molecule has 1 heterocycles. The average molecular weight is 235 g/mol. The Labute approximate surface area is 86.5 Å². The van der Waals surface area contributed by atoms with Gasteiger partial charge in [-0.05, 0) is 6.07 Å². The van der Waals surface area contributed by atoms with Gasteiger partial charge in [-0.2, -0.15) is 8.42 Å². The normalized spacial score (nSPS) is 11.6. The summed E-state index contributed by atoms with van der Waals surface area (Å²) in [7, 11) is -4.03. The summed E-state index contributed by atoms with van der Waals surface area (Å²) < 4.78 is 30.5. The summed E-state index contributed by atoms with van der Waals surface area (Å²) in [6, 6.07) is 2.83. The minimum absolute atomic E-state index is 0.0638. The number of hydrogen-bond donors (Lipinski definition) is 2. The molecule has 0 unspecified atom stereocenters. The Hall–Kier alpha value is -0.790. The molecule has 0 amide bonds. The third-order valence-corrected chi connectivity index (χ3v) is 2.55. The number of nitrogens with zero attached hydrogens (tertiary/aromatic N) is 1. The average Bonchev–Trinajstić information content (AvgIpc) is 2.00. The van der Waals surface area contributed by atoms with Gasteiger partial charge >= 0.3 is 0 Å². The first kappa shape index (κ1) is 11.3. The highest BCUT2D eigenvalue weighted by Gasteiger charge is 2.05. The maximum Gasteiger partial charge on any atom is 0.266 e. The van der Waals surface area contributed by atoms with Crippen LogP contribution in [0.25, 0.3) is 0 Å². The summed E-state index contributed by atoms with van der Waals surface area (Å²) >= 11 is 3.95. The lowest BCUT2D eigenvalue weighted by atomic mass is 10.4. The zero-order valence-corrected chi connectivity index (χ0v) is 8.83. The van der Waals surface area contributed by atoms with Crippen molar-refractivity contribution in [3.8, 4) is 0 Å². The summed E-state index contributed by atoms with van der Waals surface area (Å²) in [5.74, 6) is -0.473. The predicted molar refractivity (Wildman–Crippen MR) is 54.4 cm³/mol. The van der Waals surface area contributed by atoms with Crippen LogP contribution in [0, 0.1) is 0 Å². The molecule has 0 aromatic carbocycles. The minimum atomic E-state index is -4.03. The zero-order chi connectivity index (χ0) is 10.8. The van der Waals surface area contributed by atoms with E-state index in [2.05, 4.69) is 12.6 Å². The molecule has 0 aliphatic carbocycles. The Balaban J connectivity index is 2.84. The van der Waals surface area contributed by atoms with Gasteiger partial charge in [-0.1, -0.05) is 0 Å². The first-order chi connectivity index (χ1) is 6.38. The molecule has 1 aromatic heterocycles. The number of aryl methyl sites for hydroxylation is 1. The van der Waals surface area contributed by atoms with Gasteiger partial charge in [0.15, 0.2) is 0 Å². The Morgan fingerprint density at radius 3 is 2.64 bits per heavy atom. The van der Waals surface area contributed by atoms with Crippen LogP contribution in [0.3, 0.4) is 0 Å². The van der Waals surface area contributed by atoms with E-state index in [0.717, 1.165) is 0 Å². The van der Waals surface area contributed by atoms with Gasteiger partial charge < -0.3 is 4.57 Å². The van der Waals surface area contributed by atoms with Crippen LogP contribution in [0.15, 0.2) is 28.0 Å². The molecule has 0 saturated carbocycles. The minimum Gasteiger partial charge on any atom is -0.314 e. The Morgan fingerprint density at radius 2 is 2.14 bits per heavy atom.